The molecule has 1 aliphatic heterocycles. The molecule has 0 bridgehead atoms. The van der Waals surface area contributed by atoms with Crippen LogP contribution in [0.2, 0.25) is 0 Å². The predicted octanol–water partition coefficient (Wildman–Crippen LogP) is 4.26. The van der Waals surface area contributed by atoms with Gasteiger partial charge in [0, 0.05) is 24.6 Å². The number of hydrogen-bond acceptors (Lipinski definition) is 6. The summed E-state index contributed by atoms with van der Waals surface area (Å²) in [5.41, 5.74) is 1.28. The van der Waals surface area contributed by atoms with Gasteiger partial charge in [0.1, 0.15) is 4.83 Å². The molecule has 1 saturated carbocycles. The summed E-state index contributed by atoms with van der Waals surface area (Å²) in [6.45, 7) is 5.09. The number of carbonyl (C=O) groups is 1. The van der Waals surface area contributed by atoms with Gasteiger partial charge in [0.15, 0.2) is 5.16 Å². The Morgan fingerprint density at radius 3 is 2.84 bits per heavy atom. The van der Waals surface area contributed by atoms with Crippen LogP contribution in [0.4, 0.5) is 0 Å². The Kier molecular flexibility index (Phi) is 6.90. The molecule has 1 atom stereocenters. The zero-order chi connectivity index (χ0) is 22.1. The van der Waals surface area contributed by atoms with Crippen molar-refractivity contribution in [1.29, 1.82) is 0 Å². The number of aryl methyl sites for hydroxylation is 2. The third-order valence-corrected chi connectivity index (χ3v) is 8.94. The lowest BCUT2D eigenvalue weighted by Crippen LogP contribution is -2.35. The van der Waals surface area contributed by atoms with Crippen LogP contribution in [0.5, 0.6) is 0 Å². The third-order valence-electron chi connectivity index (χ3n) is 6.80. The van der Waals surface area contributed by atoms with Gasteiger partial charge in [0.2, 0.25) is 5.91 Å². The summed E-state index contributed by atoms with van der Waals surface area (Å²) >= 11 is 3.11. The quantitative estimate of drug-likeness (QED) is 0.401. The maximum Gasteiger partial charge on any atom is 0.263 e. The average molecular weight is 476 g/mol. The van der Waals surface area contributed by atoms with Crippen LogP contribution in [0.15, 0.2) is 9.95 Å². The van der Waals surface area contributed by atoms with Gasteiger partial charge in [-0.15, -0.1) is 11.3 Å². The van der Waals surface area contributed by atoms with Crippen molar-refractivity contribution in [3.63, 3.8) is 0 Å². The number of carbonyl (C=O) groups excluding carboxylic acids is 1. The van der Waals surface area contributed by atoms with Crippen molar-refractivity contribution in [2.24, 2.45) is 5.92 Å². The molecule has 0 unspecified atom stereocenters. The van der Waals surface area contributed by atoms with Crippen LogP contribution < -0.4 is 5.56 Å². The van der Waals surface area contributed by atoms with E-state index in [2.05, 4.69) is 6.92 Å². The highest BCUT2D eigenvalue weighted by molar-refractivity contribution is 7.99. The number of ether oxygens (including phenoxy) is 1. The van der Waals surface area contributed by atoms with Crippen LogP contribution >= 0.6 is 23.1 Å². The number of nitrogens with zero attached hydrogens (tertiary/aromatic N) is 3. The molecule has 174 valence electrons. The monoisotopic (exact) mass is 475 g/mol. The van der Waals surface area contributed by atoms with Gasteiger partial charge in [-0.25, -0.2) is 4.98 Å². The van der Waals surface area contributed by atoms with Gasteiger partial charge in [0.25, 0.3) is 5.56 Å². The molecule has 0 spiro atoms. The van der Waals surface area contributed by atoms with Crippen LogP contribution in [0.3, 0.4) is 0 Å². The van der Waals surface area contributed by atoms with Gasteiger partial charge >= 0.3 is 0 Å². The molecule has 1 saturated heterocycles. The number of hydrogen-bond donors (Lipinski definition) is 0. The van der Waals surface area contributed by atoms with E-state index in [9.17, 15) is 9.59 Å². The van der Waals surface area contributed by atoms with Gasteiger partial charge in [-0.3, -0.25) is 14.2 Å². The van der Waals surface area contributed by atoms with Crippen LogP contribution in [0.25, 0.3) is 10.2 Å². The lowest BCUT2D eigenvalue weighted by atomic mass is 9.97. The van der Waals surface area contributed by atoms with Crippen molar-refractivity contribution in [3.05, 3.63) is 20.8 Å². The molecule has 5 rings (SSSR count). The molecule has 32 heavy (non-hydrogen) atoms. The average Bonchev–Trinajstić information content (AvgIpc) is 3.31. The van der Waals surface area contributed by atoms with Crippen LogP contribution in [0, 0.1) is 5.92 Å². The van der Waals surface area contributed by atoms with Gasteiger partial charge in [-0.1, -0.05) is 18.7 Å². The van der Waals surface area contributed by atoms with E-state index in [0.29, 0.717) is 23.4 Å². The molecule has 0 aromatic carbocycles. The molecule has 2 fully saturated rings. The second-order valence-corrected chi connectivity index (χ2v) is 11.4. The smallest absolute Gasteiger partial charge is 0.263 e. The number of amides is 1. The van der Waals surface area contributed by atoms with Crippen LogP contribution in [-0.2, 0) is 28.9 Å². The van der Waals surface area contributed by atoms with Crippen molar-refractivity contribution < 1.29 is 9.53 Å². The Morgan fingerprint density at radius 1 is 1.25 bits per heavy atom. The lowest BCUT2D eigenvalue weighted by molar-refractivity contribution is -0.128. The molecular weight excluding hydrogens is 442 g/mol. The van der Waals surface area contributed by atoms with E-state index in [-0.39, 0.29) is 17.6 Å². The molecule has 3 aliphatic rings. The summed E-state index contributed by atoms with van der Waals surface area (Å²) in [7, 11) is 0. The fourth-order valence-corrected chi connectivity index (χ4v) is 7.11. The number of rotatable bonds is 9. The van der Waals surface area contributed by atoms with E-state index in [0.717, 1.165) is 68.4 Å². The molecule has 2 aliphatic carbocycles. The van der Waals surface area contributed by atoms with Crippen molar-refractivity contribution in [3.8, 4) is 0 Å². The number of thioether (sulfide) groups is 1. The molecule has 0 N–H and O–H groups in total. The summed E-state index contributed by atoms with van der Waals surface area (Å²) in [6.07, 6.45) is 9.88. The van der Waals surface area contributed by atoms with Crippen molar-refractivity contribution >= 4 is 39.2 Å². The Labute approximate surface area is 197 Å². The molecule has 3 heterocycles. The first-order valence-electron chi connectivity index (χ1n) is 12.2. The van der Waals surface area contributed by atoms with E-state index in [4.69, 9.17) is 9.72 Å². The topological polar surface area (TPSA) is 64.4 Å². The summed E-state index contributed by atoms with van der Waals surface area (Å²) in [5.74, 6) is 1.17. The first-order chi connectivity index (χ1) is 15.6. The van der Waals surface area contributed by atoms with Gasteiger partial charge in [0.05, 0.1) is 23.8 Å². The summed E-state index contributed by atoms with van der Waals surface area (Å²) in [5, 5.41) is 1.49. The van der Waals surface area contributed by atoms with E-state index in [1.54, 1.807) is 11.3 Å². The minimum absolute atomic E-state index is 0.0583. The maximum atomic E-state index is 13.7. The lowest BCUT2D eigenvalue weighted by Gasteiger charge is -2.22. The number of fused-ring (bicyclic) bond motifs is 3. The minimum atomic E-state index is 0.0583. The Bertz CT molecular complexity index is 1040. The maximum absolute atomic E-state index is 13.7. The van der Waals surface area contributed by atoms with Crippen LogP contribution in [0.1, 0.15) is 62.3 Å². The molecule has 2 aromatic heterocycles. The highest BCUT2D eigenvalue weighted by Crippen LogP contribution is 2.35. The van der Waals surface area contributed by atoms with E-state index < -0.39 is 0 Å². The first-order valence-corrected chi connectivity index (χ1v) is 14.0. The molecule has 2 aromatic rings. The molecule has 1 amide bonds. The Morgan fingerprint density at radius 2 is 2.09 bits per heavy atom. The molecular formula is C24H33N3O3S2. The van der Waals surface area contributed by atoms with Gasteiger partial charge in [-0.05, 0) is 69.3 Å². The number of thiophene rings is 1. The fourth-order valence-electron chi connectivity index (χ4n) is 4.90. The zero-order valence-corrected chi connectivity index (χ0v) is 20.6. The molecule has 6 nitrogen and oxygen atoms in total. The van der Waals surface area contributed by atoms with Crippen molar-refractivity contribution in [2.75, 3.05) is 25.4 Å². The first kappa shape index (κ1) is 22.4. The molecule has 0 radical (unpaired) electrons. The van der Waals surface area contributed by atoms with Gasteiger partial charge in [-0.2, -0.15) is 0 Å². The summed E-state index contributed by atoms with van der Waals surface area (Å²) in [6, 6.07) is 0. The standard InChI is InChI=1S/C24H33N3O3S2/c1-2-11-26(13-16-9-10-16)20(28)15-31-24-25-22-21(18-7-3-4-8-19(18)32-22)23(29)27(24)14-17-6-5-12-30-17/h16-17H,2-15H2,1H3/t17-/m1/s1. The Hall–Kier alpha value is -1.38. The number of aromatic nitrogens is 2. The second-order valence-electron chi connectivity index (χ2n) is 9.41. The van der Waals surface area contributed by atoms with Crippen molar-refractivity contribution in [2.45, 2.75) is 82.5 Å². The van der Waals surface area contributed by atoms with E-state index >= 15 is 0 Å². The molecule has 8 heteroatoms. The van der Waals surface area contributed by atoms with Gasteiger partial charge < -0.3 is 9.64 Å². The summed E-state index contributed by atoms with van der Waals surface area (Å²) < 4.78 is 7.66. The van der Waals surface area contributed by atoms with Crippen LogP contribution in [-0.4, -0.2) is 51.9 Å². The normalized spacial score (nSPS) is 20.6. The highest BCUT2D eigenvalue weighted by atomic mass is 32.2. The Balaban J connectivity index is 1.43. The third kappa shape index (κ3) is 4.77. The van der Waals surface area contributed by atoms with Crippen molar-refractivity contribution in [1.82, 2.24) is 14.5 Å². The summed E-state index contributed by atoms with van der Waals surface area (Å²) in [4.78, 5) is 35.8. The predicted molar refractivity (Wildman–Crippen MR) is 130 cm³/mol. The van der Waals surface area contributed by atoms with E-state index in [1.165, 1.54) is 41.5 Å². The zero-order valence-electron chi connectivity index (χ0n) is 18.9. The van der Waals surface area contributed by atoms with E-state index in [1.807, 2.05) is 9.47 Å². The SMILES string of the molecule is CCCN(CC1CC1)C(=O)CSc1nc2sc3c(c2c(=O)n1C[C@H]1CCCO1)CCCC3. The fraction of sp³-hybridized carbons (Fsp3) is 0.708. The highest BCUT2D eigenvalue weighted by Gasteiger charge is 2.28. The minimum Gasteiger partial charge on any atom is -0.376 e. The second kappa shape index (κ2) is 9.85. The largest absolute Gasteiger partial charge is 0.376 e.